The number of hydrogen-bond donors (Lipinski definition) is 3. The largest absolute Gasteiger partial charge is 0.368 e. The minimum absolute atomic E-state index is 0.534. The average molecular weight is 492 g/mol. The van der Waals surface area contributed by atoms with Crippen LogP contribution < -0.4 is 10.0 Å². The predicted octanol–water partition coefficient (Wildman–Crippen LogP) is 5.48. The molecule has 5 rings (SSSR count). The van der Waals surface area contributed by atoms with E-state index in [1.807, 2.05) is 24.3 Å². The quantitative estimate of drug-likeness (QED) is 0.280. The second kappa shape index (κ2) is 8.73. The third-order valence-corrected chi connectivity index (χ3v) is 7.58. The predicted molar refractivity (Wildman–Crippen MR) is 141 cm³/mol. The zero-order valence-corrected chi connectivity index (χ0v) is 20.8. The van der Waals surface area contributed by atoms with Gasteiger partial charge in [-0.3, -0.25) is 4.72 Å². The number of hydrogen-bond acceptors (Lipinski definition) is 6. The lowest BCUT2D eigenvalue weighted by Crippen LogP contribution is -2.09. The van der Waals surface area contributed by atoms with Crippen LogP contribution in [0.3, 0.4) is 0 Å². The first-order chi connectivity index (χ1) is 16.3. The summed E-state index contributed by atoms with van der Waals surface area (Å²) >= 11 is 1.59. The summed E-state index contributed by atoms with van der Waals surface area (Å²) in [7, 11) is -3.34. The van der Waals surface area contributed by atoms with Crippen molar-refractivity contribution < 1.29 is 8.42 Å². The first kappa shape index (κ1) is 22.4. The standard InChI is InChI=1S/C25H25N5O2S2/c1-15-6-4-9-20-19(16(2)29-23(15)20)10-11-26-25-24-21(27-14-28-25)13-22(33-24)17-7-5-8-18(12-17)30-34(3,31)32/h4-9,12-14,29-30H,10-11H2,1-3H3,(H,26,27,28). The van der Waals surface area contributed by atoms with Gasteiger partial charge in [0.05, 0.1) is 16.5 Å². The van der Waals surface area contributed by atoms with Crippen LogP contribution in [-0.4, -0.2) is 36.2 Å². The van der Waals surface area contributed by atoms with Gasteiger partial charge in [-0.1, -0.05) is 30.3 Å². The Morgan fingerprint density at radius 1 is 1.06 bits per heavy atom. The topological polar surface area (TPSA) is 99.8 Å². The van der Waals surface area contributed by atoms with Gasteiger partial charge in [0.1, 0.15) is 12.1 Å². The van der Waals surface area contributed by atoms with Crippen LogP contribution in [-0.2, 0) is 16.4 Å². The van der Waals surface area contributed by atoms with Gasteiger partial charge < -0.3 is 10.3 Å². The second-order valence-corrected chi connectivity index (χ2v) is 11.2. The number of nitrogens with zero attached hydrogens (tertiary/aromatic N) is 2. The van der Waals surface area contributed by atoms with E-state index in [9.17, 15) is 8.42 Å². The monoisotopic (exact) mass is 491 g/mol. The molecule has 3 heterocycles. The Morgan fingerprint density at radius 2 is 1.88 bits per heavy atom. The lowest BCUT2D eigenvalue weighted by atomic mass is 10.1. The summed E-state index contributed by atoms with van der Waals surface area (Å²) in [6, 6.07) is 15.8. The van der Waals surface area contributed by atoms with Crippen molar-refractivity contribution in [3.05, 3.63) is 71.7 Å². The van der Waals surface area contributed by atoms with Crippen molar-refractivity contribution in [1.29, 1.82) is 0 Å². The summed E-state index contributed by atoms with van der Waals surface area (Å²) in [5, 5.41) is 4.76. The van der Waals surface area contributed by atoms with Gasteiger partial charge >= 0.3 is 0 Å². The minimum atomic E-state index is -3.34. The third-order valence-electron chi connectivity index (χ3n) is 5.79. The minimum Gasteiger partial charge on any atom is -0.368 e. The summed E-state index contributed by atoms with van der Waals surface area (Å²) in [4.78, 5) is 13.4. The molecule has 0 atom stereocenters. The van der Waals surface area contributed by atoms with Gasteiger partial charge in [0.25, 0.3) is 0 Å². The van der Waals surface area contributed by atoms with Crippen LogP contribution in [0.2, 0.25) is 0 Å². The molecular weight excluding hydrogens is 466 g/mol. The van der Waals surface area contributed by atoms with E-state index in [0.717, 1.165) is 45.7 Å². The Hall–Kier alpha value is -3.43. The molecule has 9 heteroatoms. The van der Waals surface area contributed by atoms with Gasteiger partial charge in [0.15, 0.2) is 0 Å². The molecule has 3 aromatic heterocycles. The Kier molecular flexibility index (Phi) is 5.75. The van der Waals surface area contributed by atoms with Gasteiger partial charge in [-0.2, -0.15) is 0 Å². The molecule has 0 amide bonds. The highest BCUT2D eigenvalue weighted by atomic mass is 32.2. The maximum Gasteiger partial charge on any atom is 0.229 e. The number of H-pyrrole nitrogens is 1. The van der Waals surface area contributed by atoms with E-state index in [2.05, 4.69) is 57.0 Å². The fourth-order valence-corrected chi connectivity index (χ4v) is 5.88. The molecule has 5 aromatic rings. The van der Waals surface area contributed by atoms with Crippen LogP contribution in [0.25, 0.3) is 31.6 Å². The molecule has 34 heavy (non-hydrogen) atoms. The van der Waals surface area contributed by atoms with Crippen LogP contribution in [0.15, 0.2) is 54.9 Å². The summed E-state index contributed by atoms with van der Waals surface area (Å²) in [6.45, 7) is 4.99. The summed E-state index contributed by atoms with van der Waals surface area (Å²) in [6.07, 6.45) is 3.59. The van der Waals surface area contributed by atoms with Crippen LogP contribution in [0.4, 0.5) is 11.5 Å². The molecular formula is C25H25N5O2S2. The first-order valence-corrected chi connectivity index (χ1v) is 13.6. The Balaban J connectivity index is 1.38. The third kappa shape index (κ3) is 4.49. The number of sulfonamides is 1. The molecule has 0 saturated carbocycles. The molecule has 0 spiro atoms. The van der Waals surface area contributed by atoms with Crippen molar-refractivity contribution in [1.82, 2.24) is 15.0 Å². The number of aromatic nitrogens is 3. The number of thiophene rings is 1. The van der Waals surface area contributed by atoms with E-state index in [1.165, 1.54) is 27.7 Å². The van der Waals surface area contributed by atoms with Crippen molar-refractivity contribution in [3.63, 3.8) is 0 Å². The summed E-state index contributed by atoms with van der Waals surface area (Å²) in [5.41, 5.74) is 7.28. The fraction of sp³-hybridized carbons (Fsp3) is 0.200. The molecule has 0 unspecified atom stereocenters. The fourth-order valence-electron chi connectivity index (χ4n) is 4.25. The van der Waals surface area contributed by atoms with Crippen LogP contribution in [0, 0.1) is 13.8 Å². The van der Waals surface area contributed by atoms with E-state index in [1.54, 1.807) is 23.7 Å². The molecule has 0 fully saturated rings. The van der Waals surface area contributed by atoms with Crippen molar-refractivity contribution in [2.24, 2.45) is 0 Å². The van der Waals surface area contributed by atoms with Crippen LogP contribution in [0.1, 0.15) is 16.8 Å². The number of para-hydroxylation sites is 1. The van der Waals surface area contributed by atoms with E-state index in [-0.39, 0.29) is 0 Å². The van der Waals surface area contributed by atoms with Gasteiger partial charge in [-0.15, -0.1) is 11.3 Å². The maximum atomic E-state index is 11.6. The Morgan fingerprint density at radius 3 is 2.71 bits per heavy atom. The number of anilines is 2. The first-order valence-electron chi connectivity index (χ1n) is 10.9. The lowest BCUT2D eigenvalue weighted by Gasteiger charge is -2.07. The van der Waals surface area contributed by atoms with Crippen LogP contribution >= 0.6 is 11.3 Å². The second-order valence-electron chi connectivity index (χ2n) is 8.41. The van der Waals surface area contributed by atoms with Crippen molar-refractivity contribution in [2.75, 3.05) is 22.8 Å². The molecule has 0 aliphatic heterocycles. The van der Waals surface area contributed by atoms with E-state index < -0.39 is 10.0 Å². The normalized spacial score (nSPS) is 11.9. The number of fused-ring (bicyclic) bond motifs is 2. The number of aromatic amines is 1. The zero-order valence-electron chi connectivity index (χ0n) is 19.1. The van der Waals surface area contributed by atoms with Gasteiger partial charge in [-0.05, 0) is 55.2 Å². The molecule has 0 aliphatic rings. The lowest BCUT2D eigenvalue weighted by molar-refractivity contribution is 0.607. The van der Waals surface area contributed by atoms with Crippen molar-refractivity contribution >= 4 is 54.0 Å². The SMILES string of the molecule is Cc1[nH]c2c(C)cccc2c1CCNc1ncnc2cc(-c3cccc(NS(C)(=O)=O)c3)sc12. The van der Waals surface area contributed by atoms with E-state index in [0.29, 0.717) is 5.69 Å². The molecule has 7 nitrogen and oxygen atoms in total. The highest BCUT2D eigenvalue weighted by Gasteiger charge is 2.13. The molecule has 0 radical (unpaired) electrons. The van der Waals surface area contributed by atoms with E-state index in [4.69, 9.17) is 0 Å². The summed E-state index contributed by atoms with van der Waals surface area (Å²) < 4.78 is 26.7. The van der Waals surface area contributed by atoms with Crippen LogP contribution in [0.5, 0.6) is 0 Å². The Labute approximate surface area is 202 Å². The summed E-state index contributed by atoms with van der Waals surface area (Å²) in [5.74, 6) is 0.806. The number of nitrogens with one attached hydrogen (secondary N) is 3. The Bertz CT molecular complexity index is 1620. The molecule has 0 aliphatic carbocycles. The van der Waals surface area contributed by atoms with Crippen molar-refractivity contribution in [2.45, 2.75) is 20.3 Å². The van der Waals surface area contributed by atoms with E-state index >= 15 is 0 Å². The average Bonchev–Trinajstić information content (AvgIpc) is 3.36. The van der Waals surface area contributed by atoms with Crippen molar-refractivity contribution in [3.8, 4) is 10.4 Å². The molecule has 3 N–H and O–H groups in total. The van der Waals surface area contributed by atoms with Gasteiger partial charge in [-0.25, -0.2) is 18.4 Å². The molecule has 0 saturated heterocycles. The highest BCUT2D eigenvalue weighted by Crippen LogP contribution is 2.36. The number of rotatable bonds is 7. The maximum absolute atomic E-state index is 11.6. The highest BCUT2D eigenvalue weighted by molar-refractivity contribution is 7.92. The molecule has 174 valence electrons. The van der Waals surface area contributed by atoms with Gasteiger partial charge in [0, 0.05) is 33.7 Å². The molecule has 0 bridgehead atoms. The smallest absolute Gasteiger partial charge is 0.229 e. The number of benzene rings is 2. The zero-order chi connectivity index (χ0) is 23.9. The molecule has 2 aromatic carbocycles. The van der Waals surface area contributed by atoms with Gasteiger partial charge in [0.2, 0.25) is 10.0 Å². The number of aryl methyl sites for hydroxylation is 2.